The van der Waals surface area contributed by atoms with E-state index in [0.29, 0.717) is 0 Å². The SMILES string of the molecule is BPP(B)P(P(P)P)P(P(P(P)P)P(P)P)P(P(P(P(P)P)P(P)P)P(P(P)P)P(P)P)P(P(P(P(P)P)P(P)P)P(P(P)P)P(P)P)P(P(P(P)P)P(P)P)P(P(P)P)P(P)P. The molecule has 0 aliphatic carbocycles. The Kier molecular flexibility index (Phi) is 69.4. The molecule has 0 amide bonds. The van der Waals surface area contributed by atoms with E-state index in [9.17, 15) is 0 Å². The lowest BCUT2D eigenvalue weighted by Gasteiger charge is -2.61. The first-order chi connectivity index (χ1) is 28.7. The lowest BCUT2D eigenvalue weighted by Crippen LogP contribution is -1.74. The molecule has 0 saturated carbocycles. The van der Waals surface area contributed by atoms with Crippen molar-refractivity contribution in [3.05, 3.63) is 0 Å². The maximum Gasteiger partial charge on any atom is 0.144 e. The summed E-state index contributed by atoms with van der Waals surface area (Å²) in [6.45, 7) is -6.66. The lowest BCUT2D eigenvalue weighted by molar-refractivity contribution is 4.32. The van der Waals surface area contributed by atoms with Crippen molar-refractivity contribution >= 4 is 501 Å². The van der Waals surface area contributed by atoms with Gasteiger partial charge in [0.1, 0.15) is 15.1 Å². The number of rotatable bonds is 30. The summed E-state index contributed by atoms with van der Waals surface area (Å²) in [5, 5.41) is 0. The molecule has 0 bridgehead atoms. The van der Waals surface area contributed by atoms with E-state index in [1.807, 2.05) is 0 Å². The van der Waals surface area contributed by atoms with Crippen LogP contribution in [-0.2, 0) is 0 Å². The van der Waals surface area contributed by atoms with Crippen molar-refractivity contribution in [3.8, 4) is 0 Å². The highest BCUT2D eigenvalue weighted by Crippen LogP contribution is 3.49. The Hall–Kier alpha value is 26.4. The second-order valence-electron chi connectivity index (χ2n) is 10.2. The molecule has 0 aromatic carbocycles. The van der Waals surface area contributed by atoms with E-state index in [1.165, 1.54) is 0 Å². The zero-order chi connectivity index (χ0) is 50.0. The van der Waals surface area contributed by atoms with Gasteiger partial charge in [0.05, 0.1) is 0 Å². The van der Waals surface area contributed by atoms with Gasteiger partial charge in [-0.15, -0.1) is 283 Å². The third kappa shape index (κ3) is 31.6. The van der Waals surface area contributed by atoms with Gasteiger partial charge in [-0.1, -0.05) is 0 Å². The second-order valence-corrected chi connectivity index (χ2v) is 264. The monoisotopic (exact) mass is 1980 g/mol. The van der Waals surface area contributed by atoms with Crippen LogP contribution in [0.25, 0.3) is 0 Å². The van der Waals surface area contributed by atoms with Crippen molar-refractivity contribution in [2.75, 3.05) is 0 Å². The van der Waals surface area contributed by atoms with Gasteiger partial charge in [0.15, 0.2) is 0 Å². The van der Waals surface area contributed by atoms with E-state index in [2.05, 4.69) is 283 Å². The van der Waals surface area contributed by atoms with Gasteiger partial charge in [0, 0.05) is 0 Å². The van der Waals surface area contributed by atoms with E-state index >= 15 is 0 Å². The summed E-state index contributed by atoms with van der Waals surface area (Å²) in [7, 11) is 114. The molecule has 0 spiro atoms. The molecule has 35 unspecified atom stereocenters. The standard InChI is InChI=1S/B2H65P61/c1-33-34(2)50(35(3)4)58(51(36(5)6)37(7)8)62(59(52(38(9)10)39(11)12)53(40(13)14)41(15)16)63(60(54(42(17)18)43(19)20)55(44(21)22)45(23)24)61(56(46(25)26)47(27)28)57(48(29)30)49(31)32/h33H,1-32H2. The summed E-state index contributed by atoms with van der Waals surface area (Å²) < 4.78 is 0. The zero-order valence-electron chi connectivity index (χ0n) is 33.2. The molecule has 0 radical (unpaired) electrons. The van der Waals surface area contributed by atoms with Gasteiger partial charge in [0.2, 0.25) is 0 Å². The fourth-order valence-corrected chi connectivity index (χ4v) is 897. The van der Waals surface area contributed by atoms with Crippen LogP contribution in [0.3, 0.4) is 0 Å². The normalized spacial score (nSPS) is 16.4. The van der Waals surface area contributed by atoms with Gasteiger partial charge in [-0.3, -0.25) is 0 Å². The molecule has 0 rings (SSSR count). The molecule has 35 atom stereocenters. The summed E-state index contributed by atoms with van der Waals surface area (Å²) in [6, 6.07) is 0. The van der Waals surface area contributed by atoms with Crippen molar-refractivity contribution in [2.45, 2.75) is 0 Å². The van der Waals surface area contributed by atoms with Gasteiger partial charge in [-0.2, -0.15) is 0 Å². The van der Waals surface area contributed by atoms with E-state index < -0.39 is 0 Å². The average Bonchev–Trinajstić information content (AvgIpc) is 3.07. The predicted octanol–water partition coefficient (Wildman–Crippen LogP) is 34.4. The molecule has 0 aromatic rings. The smallest absolute Gasteiger partial charge is 0.143 e. The van der Waals surface area contributed by atoms with Gasteiger partial charge in [-0.05, 0) is 203 Å². The second kappa shape index (κ2) is 49.0. The van der Waals surface area contributed by atoms with Gasteiger partial charge in [0.25, 0.3) is 0 Å². The Morgan fingerprint density at radius 3 is 0.365 bits per heavy atom. The molecule has 0 heterocycles. The van der Waals surface area contributed by atoms with E-state index in [-0.39, 0.29) is 210 Å². The molecule has 0 aromatic heterocycles. The van der Waals surface area contributed by atoms with Crippen molar-refractivity contribution < 1.29 is 0 Å². The number of hydrogen-bond acceptors (Lipinski definition) is 0. The highest BCUT2D eigenvalue weighted by Gasteiger charge is 2.61. The minimum atomic E-state index is -0.275. The summed E-state index contributed by atoms with van der Waals surface area (Å²) in [6.07, 6.45) is 0. The van der Waals surface area contributed by atoms with Crippen LogP contribution >= 0.6 is 486 Å². The first kappa shape index (κ1) is 89.4. The van der Waals surface area contributed by atoms with Crippen molar-refractivity contribution in [3.63, 3.8) is 0 Å². The molecule has 63 heteroatoms. The molecule has 376 valence electrons. The summed E-state index contributed by atoms with van der Waals surface area (Å²) in [5.41, 5.74) is 0. The largest absolute Gasteiger partial charge is 0.144 e. The van der Waals surface area contributed by atoms with Crippen LogP contribution in [0.15, 0.2) is 0 Å². The Labute approximate surface area is 493 Å². The first-order valence-electron chi connectivity index (χ1n) is 14.7. The molecular formula is H65B2P61. The first-order valence-corrected chi connectivity index (χ1v) is 127. The Balaban J connectivity index is 11.0. The highest BCUT2D eigenvalue weighted by atomic mass is 33.6. The van der Waals surface area contributed by atoms with Crippen LogP contribution in [0.4, 0.5) is 0 Å². The quantitative estimate of drug-likeness (QED) is 0.0497. The molecule has 0 saturated heterocycles. The van der Waals surface area contributed by atoms with Crippen molar-refractivity contribution in [1.29, 1.82) is 0 Å². The maximum atomic E-state index is 3.63. The van der Waals surface area contributed by atoms with E-state index in [4.69, 9.17) is 0 Å². The molecule has 0 aliphatic heterocycles. The summed E-state index contributed by atoms with van der Waals surface area (Å²) in [5.74, 6) is 0. The van der Waals surface area contributed by atoms with Gasteiger partial charge >= 0.3 is 0 Å². The fourth-order valence-electron chi connectivity index (χ4n) is 3.87. The van der Waals surface area contributed by atoms with E-state index in [0.717, 1.165) is 8.15 Å². The van der Waals surface area contributed by atoms with Gasteiger partial charge < -0.3 is 0 Å². The molecule has 0 fully saturated rings. The van der Waals surface area contributed by atoms with Crippen LogP contribution in [0, 0.1) is 0 Å². The van der Waals surface area contributed by atoms with Crippen molar-refractivity contribution in [2.24, 2.45) is 0 Å². The third-order valence-electron chi connectivity index (χ3n) is 5.77. The maximum absolute atomic E-state index is 3.63. The lowest BCUT2D eigenvalue weighted by atomic mass is 10.8. The predicted molar refractivity (Wildman–Crippen MR) is 524 cm³/mol. The average molecular weight is 1980 g/mol. The van der Waals surface area contributed by atoms with Crippen LogP contribution in [0.1, 0.15) is 0 Å². The van der Waals surface area contributed by atoms with Crippen LogP contribution in [0.2, 0.25) is 0 Å². The van der Waals surface area contributed by atoms with Gasteiger partial charge in [-0.25, -0.2) is 0 Å². The van der Waals surface area contributed by atoms with Crippen LogP contribution < -0.4 is 0 Å². The topological polar surface area (TPSA) is 0 Å². The zero-order valence-corrected chi connectivity index (χ0v) is 95.7. The minimum Gasteiger partial charge on any atom is -0.143 e. The Bertz CT molecular complexity index is 1010. The number of hydrogen-bond donors (Lipinski definition) is 0. The highest BCUT2D eigenvalue weighted by molar-refractivity contribution is 9.55. The molecule has 63 heavy (non-hydrogen) atoms. The van der Waals surface area contributed by atoms with Crippen LogP contribution in [-0.4, -0.2) is 15.1 Å². The molecule has 0 N–H and O–H groups in total. The van der Waals surface area contributed by atoms with E-state index in [1.54, 1.807) is 0 Å². The molecular weight excluding hydrogens is 1910 g/mol. The fraction of sp³-hybridized carbons (Fsp3) is 0. The Morgan fingerprint density at radius 1 is 0.175 bits per heavy atom. The minimum absolute atomic E-state index is 0.0425. The summed E-state index contributed by atoms with van der Waals surface area (Å²) in [4.78, 5) is 0. The van der Waals surface area contributed by atoms with Crippen LogP contribution in [0.5, 0.6) is 0 Å². The third-order valence-corrected chi connectivity index (χ3v) is 436. The molecule has 0 nitrogen and oxygen atoms in total. The molecule has 0 aliphatic rings. The summed E-state index contributed by atoms with van der Waals surface area (Å²) >= 11 is 0. The Morgan fingerprint density at radius 2 is 0.270 bits per heavy atom. The van der Waals surface area contributed by atoms with Crippen molar-refractivity contribution in [1.82, 2.24) is 0 Å².